The molecule has 4 nitrogen and oxygen atoms in total. The van der Waals surface area contributed by atoms with Gasteiger partial charge in [-0.1, -0.05) is 48.5 Å². The van der Waals surface area contributed by atoms with E-state index in [9.17, 15) is 10.2 Å². The molecule has 0 saturated carbocycles. The van der Waals surface area contributed by atoms with Crippen LogP contribution in [0.15, 0.2) is 48.5 Å². The summed E-state index contributed by atoms with van der Waals surface area (Å²) in [6, 6.07) is 16.3. The summed E-state index contributed by atoms with van der Waals surface area (Å²) in [5.74, 6) is 0.0125. The largest absolute Gasteiger partial charge is 0.396 e. The maximum atomic E-state index is 10.6. The Balaban J connectivity index is 1.83. The van der Waals surface area contributed by atoms with E-state index in [1.54, 1.807) is 13.8 Å². The number of hydrogen-bond acceptors (Lipinski definition) is 4. The number of aliphatic hydroxyl groups is 2. The molecule has 0 spiro atoms. The van der Waals surface area contributed by atoms with Gasteiger partial charge in [0.15, 0.2) is 6.29 Å². The first-order chi connectivity index (χ1) is 13.5. The van der Waals surface area contributed by atoms with Gasteiger partial charge in [0.1, 0.15) is 0 Å². The average Bonchev–Trinajstić information content (AvgIpc) is 2.71. The molecule has 2 N–H and O–H groups in total. The summed E-state index contributed by atoms with van der Waals surface area (Å²) in [6.45, 7) is 4.97. The highest BCUT2D eigenvalue weighted by Gasteiger charge is 2.25. The van der Waals surface area contributed by atoms with Crippen molar-refractivity contribution in [3.8, 4) is 0 Å². The number of ether oxygens (including phenoxy) is 2. The fraction of sp³-hybridized carbons (Fsp3) is 0.500. The fourth-order valence-electron chi connectivity index (χ4n) is 3.92. The van der Waals surface area contributed by atoms with Crippen molar-refractivity contribution in [3.63, 3.8) is 0 Å². The predicted molar refractivity (Wildman–Crippen MR) is 110 cm³/mol. The standard InChI is InChI=1S/C24H32O4/c1-24(2,26)22-11-4-3-10-21(22)20(13-14-25)19-9-7-8-18(16-19)17-28-23-12-5-6-15-27-23/h3-4,7-11,16,20,23,25-26H,5-6,12-15,17H2,1-2H3/t20-,23?/m0/s1. The molecule has 0 aliphatic carbocycles. The van der Waals surface area contributed by atoms with Gasteiger partial charge in [0.05, 0.1) is 12.2 Å². The van der Waals surface area contributed by atoms with E-state index in [2.05, 4.69) is 18.2 Å². The van der Waals surface area contributed by atoms with Crippen LogP contribution in [0.4, 0.5) is 0 Å². The van der Waals surface area contributed by atoms with Gasteiger partial charge in [0.25, 0.3) is 0 Å². The highest BCUT2D eigenvalue weighted by atomic mass is 16.7. The SMILES string of the molecule is CC(C)(O)c1ccccc1[C@@H](CCO)c1cccc(COC2CCCCO2)c1. The molecule has 1 heterocycles. The van der Waals surface area contributed by atoms with Crippen LogP contribution in [0.1, 0.15) is 67.7 Å². The molecule has 152 valence electrons. The Morgan fingerprint density at radius 2 is 1.96 bits per heavy atom. The lowest BCUT2D eigenvalue weighted by Gasteiger charge is -2.27. The lowest BCUT2D eigenvalue weighted by atomic mass is 9.81. The Bertz CT molecular complexity index is 744. The molecule has 0 radical (unpaired) electrons. The molecule has 1 fully saturated rings. The second-order valence-corrected chi connectivity index (χ2v) is 8.06. The van der Waals surface area contributed by atoms with Crippen molar-refractivity contribution in [2.75, 3.05) is 13.2 Å². The van der Waals surface area contributed by atoms with Gasteiger partial charge in [-0.3, -0.25) is 0 Å². The van der Waals surface area contributed by atoms with E-state index < -0.39 is 5.60 Å². The summed E-state index contributed by atoms with van der Waals surface area (Å²) in [6.07, 6.45) is 3.70. The minimum absolute atomic E-state index is 0.0125. The van der Waals surface area contributed by atoms with Crippen LogP contribution in [-0.4, -0.2) is 29.7 Å². The molecule has 1 aliphatic rings. The molecule has 2 atom stereocenters. The molecule has 1 saturated heterocycles. The van der Waals surface area contributed by atoms with Crippen LogP contribution in [0.25, 0.3) is 0 Å². The van der Waals surface area contributed by atoms with Gasteiger partial charge in [-0.25, -0.2) is 0 Å². The van der Waals surface area contributed by atoms with Gasteiger partial charge in [-0.05, 0) is 61.8 Å². The molecule has 4 heteroatoms. The van der Waals surface area contributed by atoms with Crippen LogP contribution < -0.4 is 0 Å². The summed E-state index contributed by atoms with van der Waals surface area (Å²) in [5, 5.41) is 20.3. The normalized spacial score (nSPS) is 18.8. The Kier molecular flexibility index (Phi) is 7.24. The zero-order valence-electron chi connectivity index (χ0n) is 16.9. The van der Waals surface area contributed by atoms with Crippen LogP contribution in [-0.2, 0) is 21.7 Å². The molecule has 3 rings (SSSR count). The van der Waals surface area contributed by atoms with Crippen LogP contribution in [0.5, 0.6) is 0 Å². The summed E-state index contributed by atoms with van der Waals surface area (Å²) < 4.78 is 11.6. The molecule has 1 aliphatic heterocycles. The Labute approximate surface area is 168 Å². The van der Waals surface area contributed by atoms with Gasteiger partial charge < -0.3 is 19.7 Å². The molecule has 1 unspecified atom stereocenters. The van der Waals surface area contributed by atoms with Gasteiger partial charge >= 0.3 is 0 Å². The molecule has 0 aromatic heterocycles. The van der Waals surface area contributed by atoms with E-state index >= 15 is 0 Å². The van der Waals surface area contributed by atoms with Crippen molar-refractivity contribution in [1.82, 2.24) is 0 Å². The lowest BCUT2D eigenvalue weighted by molar-refractivity contribution is -0.168. The first-order valence-corrected chi connectivity index (χ1v) is 10.2. The van der Waals surface area contributed by atoms with E-state index in [1.165, 1.54) is 0 Å². The second kappa shape index (κ2) is 9.66. The van der Waals surface area contributed by atoms with Crippen molar-refractivity contribution < 1.29 is 19.7 Å². The van der Waals surface area contributed by atoms with Gasteiger partial charge in [-0.15, -0.1) is 0 Å². The highest BCUT2D eigenvalue weighted by molar-refractivity contribution is 5.41. The van der Waals surface area contributed by atoms with Crippen molar-refractivity contribution in [2.45, 2.75) is 63.9 Å². The zero-order chi connectivity index (χ0) is 20.0. The zero-order valence-corrected chi connectivity index (χ0v) is 16.9. The average molecular weight is 385 g/mol. The second-order valence-electron chi connectivity index (χ2n) is 8.06. The van der Waals surface area contributed by atoms with Crippen LogP contribution >= 0.6 is 0 Å². The summed E-state index contributed by atoms with van der Waals surface area (Å²) in [4.78, 5) is 0. The van der Waals surface area contributed by atoms with Gasteiger partial charge in [0.2, 0.25) is 0 Å². The molecule has 2 aromatic carbocycles. The third-order valence-corrected chi connectivity index (χ3v) is 5.34. The van der Waals surface area contributed by atoms with Crippen LogP contribution in [0.2, 0.25) is 0 Å². The monoisotopic (exact) mass is 384 g/mol. The minimum atomic E-state index is -0.941. The molecule has 2 aromatic rings. The Hall–Kier alpha value is -1.72. The highest BCUT2D eigenvalue weighted by Crippen LogP contribution is 2.35. The minimum Gasteiger partial charge on any atom is -0.396 e. The number of hydrogen-bond donors (Lipinski definition) is 2. The number of rotatable bonds is 8. The Morgan fingerprint density at radius 1 is 1.14 bits per heavy atom. The molecule has 0 bridgehead atoms. The molecular formula is C24H32O4. The first kappa shape index (κ1) is 21.0. The van der Waals surface area contributed by atoms with Crippen molar-refractivity contribution in [3.05, 3.63) is 70.8 Å². The topological polar surface area (TPSA) is 58.9 Å². The van der Waals surface area contributed by atoms with Crippen LogP contribution in [0.3, 0.4) is 0 Å². The fourth-order valence-corrected chi connectivity index (χ4v) is 3.92. The predicted octanol–water partition coefficient (Wildman–Crippen LogP) is 4.47. The maximum Gasteiger partial charge on any atom is 0.158 e. The number of aliphatic hydroxyl groups excluding tert-OH is 1. The van der Waals surface area contributed by atoms with Gasteiger partial charge in [0, 0.05) is 19.1 Å². The lowest BCUT2D eigenvalue weighted by Crippen LogP contribution is -2.22. The summed E-state index contributed by atoms with van der Waals surface area (Å²) in [7, 11) is 0. The van der Waals surface area contributed by atoms with Crippen LogP contribution in [0, 0.1) is 0 Å². The van der Waals surface area contributed by atoms with Crippen molar-refractivity contribution in [1.29, 1.82) is 0 Å². The Morgan fingerprint density at radius 3 is 2.68 bits per heavy atom. The summed E-state index contributed by atoms with van der Waals surface area (Å²) >= 11 is 0. The molecule has 28 heavy (non-hydrogen) atoms. The molecule has 0 amide bonds. The quantitative estimate of drug-likeness (QED) is 0.705. The van der Waals surface area contributed by atoms with E-state index in [4.69, 9.17) is 9.47 Å². The van der Waals surface area contributed by atoms with E-state index in [1.807, 2.05) is 30.3 Å². The maximum absolute atomic E-state index is 10.6. The van der Waals surface area contributed by atoms with Crippen molar-refractivity contribution in [2.24, 2.45) is 0 Å². The van der Waals surface area contributed by atoms with E-state index in [-0.39, 0.29) is 18.8 Å². The van der Waals surface area contributed by atoms with Crippen molar-refractivity contribution >= 4 is 0 Å². The van der Waals surface area contributed by atoms with E-state index in [0.29, 0.717) is 13.0 Å². The first-order valence-electron chi connectivity index (χ1n) is 10.2. The van der Waals surface area contributed by atoms with E-state index in [0.717, 1.165) is 48.1 Å². The third kappa shape index (κ3) is 5.42. The number of benzene rings is 2. The van der Waals surface area contributed by atoms with Gasteiger partial charge in [-0.2, -0.15) is 0 Å². The smallest absolute Gasteiger partial charge is 0.158 e. The molecular weight excluding hydrogens is 352 g/mol. The third-order valence-electron chi connectivity index (χ3n) is 5.34. The summed E-state index contributed by atoms with van der Waals surface area (Å²) in [5.41, 5.74) is 3.22.